The van der Waals surface area contributed by atoms with Gasteiger partial charge < -0.3 is 14.5 Å². The van der Waals surface area contributed by atoms with Crippen LogP contribution in [0.2, 0.25) is 0 Å². The Bertz CT molecular complexity index is 649. The molecule has 25 heavy (non-hydrogen) atoms. The van der Waals surface area contributed by atoms with E-state index in [2.05, 4.69) is 5.10 Å². The van der Waals surface area contributed by atoms with E-state index in [1.165, 1.54) is 0 Å². The number of hydrogen-bond acceptors (Lipinski definition) is 4. The lowest BCUT2D eigenvalue weighted by Gasteiger charge is -2.36. The third kappa shape index (κ3) is 3.86. The monoisotopic (exact) mass is 348 g/mol. The molecule has 0 radical (unpaired) electrons. The number of hydrogen-bond donors (Lipinski definition) is 0. The van der Waals surface area contributed by atoms with Crippen molar-refractivity contribution in [2.45, 2.75) is 33.1 Å². The van der Waals surface area contributed by atoms with E-state index in [0.717, 1.165) is 36.3 Å². The Kier molecular flexibility index (Phi) is 5.42. The van der Waals surface area contributed by atoms with Crippen LogP contribution in [0.4, 0.5) is 0 Å². The third-order valence-electron chi connectivity index (χ3n) is 5.43. The molecule has 1 atom stereocenters. The molecule has 2 aliphatic heterocycles. The Labute approximate surface area is 148 Å². The first-order valence-electron chi connectivity index (χ1n) is 9.10. The highest BCUT2D eigenvalue weighted by Gasteiger charge is 2.32. The Morgan fingerprint density at radius 1 is 1.16 bits per heavy atom. The van der Waals surface area contributed by atoms with Gasteiger partial charge in [-0.1, -0.05) is 0 Å². The van der Waals surface area contributed by atoms with Gasteiger partial charge in [0.05, 0.1) is 31.2 Å². The number of aromatic nitrogens is 2. The lowest BCUT2D eigenvalue weighted by Crippen LogP contribution is -2.49. The molecule has 138 valence electrons. The number of carbonyl (C=O) groups excluding carboxylic acids is 2. The molecule has 1 aromatic heterocycles. The Hall–Kier alpha value is -1.89. The largest absolute Gasteiger partial charge is 0.378 e. The van der Waals surface area contributed by atoms with Crippen LogP contribution in [0, 0.1) is 19.8 Å². The van der Waals surface area contributed by atoms with Crippen LogP contribution in [0.3, 0.4) is 0 Å². The van der Waals surface area contributed by atoms with Crippen molar-refractivity contribution >= 4 is 11.8 Å². The Morgan fingerprint density at radius 2 is 1.88 bits per heavy atom. The lowest BCUT2D eigenvalue weighted by molar-refractivity contribution is -0.143. The zero-order valence-corrected chi connectivity index (χ0v) is 15.5. The maximum absolute atomic E-state index is 12.8. The second kappa shape index (κ2) is 7.56. The summed E-state index contributed by atoms with van der Waals surface area (Å²) in [5, 5.41) is 4.39. The van der Waals surface area contributed by atoms with Crippen LogP contribution in [0.15, 0.2) is 0 Å². The van der Waals surface area contributed by atoms with Crippen LogP contribution < -0.4 is 0 Å². The van der Waals surface area contributed by atoms with Gasteiger partial charge in [-0.15, -0.1) is 0 Å². The molecule has 2 fully saturated rings. The summed E-state index contributed by atoms with van der Waals surface area (Å²) in [5.41, 5.74) is 2.95. The average Bonchev–Trinajstić information content (AvgIpc) is 2.88. The van der Waals surface area contributed by atoms with Gasteiger partial charge in [0.15, 0.2) is 0 Å². The van der Waals surface area contributed by atoms with Gasteiger partial charge in [0, 0.05) is 44.5 Å². The maximum atomic E-state index is 12.8. The molecule has 1 aromatic rings. The summed E-state index contributed by atoms with van der Waals surface area (Å²) in [6.07, 6.45) is 2.12. The molecule has 3 rings (SSSR count). The van der Waals surface area contributed by atoms with Gasteiger partial charge in [0.2, 0.25) is 11.8 Å². The van der Waals surface area contributed by atoms with Crippen molar-refractivity contribution < 1.29 is 14.3 Å². The number of ether oxygens (including phenoxy) is 1. The van der Waals surface area contributed by atoms with E-state index in [4.69, 9.17) is 4.74 Å². The number of rotatable bonds is 3. The number of piperidine rings is 1. The van der Waals surface area contributed by atoms with E-state index < -0.39 is 0 Å². The van der Waals surface area contributed by atoms with Crippen molar-refractivity contribution in [3.8, 4) is 0 Å². The number of morpholine rings is 1. The molecule has 0 N–H and O–H groups in total. The molecule has 0 aliphatic carbocycles. The fourth-order valence-electron chi connectivity index (χ4n) is 3.78. The van der Waals surface area contributed by atoms with Crippen LogP contribution in [-0.2, 0) is 27.8 Å². The predicted octanol–water partition coefficient (Wildman–Crippen LogP) is 0.677. The molecular formula is C18H28N4O3. The third-order valence-corrected chi connectivity index (χ3v) is 5.43. The van der Waals surface area contributed by atoms with E-state index in [1.807, 2.05) is 35.4 Å². The van der Waals surface area contributed by atoms with Gasteiger partial charge in [-0.25, -0.2) is 0 Å². The molecule has 0 bridgehead atoms. The quantitative estimate of drug-likeness (QED) is 0.805. The summed E-state index contributed by atoms with van der Waals surface area (Å²) in [7, 11) is 1.90. The zero-order chi connectivity index (χ0) is 18.0. The molecule has 2 aliphatic rings. The van der Waals surface area contributed by atoms with E-state index in [1.54, 1.807) is 0 Å². The maximum Gasteiger partial charge on any atom is 0.227 e. The number of amides is 2. The normalized spacial score (nSPS) is 21.5. The first-order valence-corrected chi connectivity index (χ1v) is 9.10. The number of carbonyl (C=O) groups is 2. The molecule has 2 saturated heterocycles. The smallest absolute Gasteiger partial charge is 0.227 e. The van der Waals surface area contributed by atoms with Crippen LogP contribution in [0.5, 0.6) is 0 Å². The van der Waals surface area contributed by atoms with E-state index in [-0.39, 0.29) is 17.7 Å². The SMILES string of the molecule is Cc1nn(C)c(C)c1CC(=O)N1CCCC(C(=O)N2CCOCC2)C1. The van der Waals surface area contributed by atoms with Crippen LogP contribution in [0.1, 0.15) is 29.8 Å². The molecule has 0 spiro atoms. The molecular weight excluding hydrogens is 320 g/mol. The summed E-state index contributed by atoms with van der Waals surface area (Å²) in [6, 6.07) is 0. The van der Waals surface area contributed by atoms with Gasteiger partial charge in [-0.05, 0) is 26.7 Å². The van der Waals surface area contributed by atoms with E-state index >= 15 is 0 Å². The second-order valence-corrected chi connectivity index (χ2v) is 7.07. The van der Waals surface area contributed by atoms with Gasteiger partial charge in [-0.2, -0.15) is 5.10 Å². The lowest BCUT2D eigenvalue weighted by atomic mass is 9.95. The summed E-state index contributed by atoms with van der Waals surface area (Å²) < 4.78 is 7.14. The van der Waals surface area contributed by atoms with Crippen LogP contribution >= 0.6 is 0 Å². The second-order valence-electron chi connectivity index (χ2n) is 7.07. The first-order chi connectivity index (χ1) is 12.0. The summed E-state index contributed by atoms with van der Waals surface area (Å²) >= 11 is 0. The Morgan fingerprint density at radius 3 is 2.52 bits per heavy atom. The molecule has 0 saturated carbocycles. The van der Waals surface area contributed by atoms with E-state index in [0.29, 0.717) is 39.3 Å². The number of nitrogens with zero attached hydrogens (tertiary/aromatic N) is 4. The highest BCUT2D eigenvalue weighted by atomic mass is 16.5. The van der Waals surface area contributed by atoms with Crippen molar-refractivity contribution in [2.24, 2.45) is 13.0 Å². The van der Waals surface area contributed by atoms with Crippen molar-refractivity contribution in [2.75, 3.05) is 39.4 Å². The van der Waals surface area contributed by atoms with Gasteiger partial charge >= 0.3 is 0 Å². The summed E-state index contributed by atoms with van der Waals surface area (Å²) in [5.74, 6) is 0.195. The highest BCUT2D eigenvalue weighted by molar-refractivity contribution is 5.82. The number of aryl methyl sites for hydroxylation is 2. The van der Waals surface area contributed by atoms with Gasteiger partial charge in [0.25, 0.3) is 0 Å². The summed E-state index contributed by atoms with van der Waals surface area (Å²) in [6.45, 7) is 7.76. The molecule has 2 amide bonds. The topological polar surface area (TPSA) is 67.7 Å². The molecule has 1 unspecified atom stereocenters. The minimum Gasteiger partial charge on any atom is -0.378 e. The molecule has 3 heterocycles. The predicted molar refractivity (Wildman–Crippen MR) is 93.1 cm³/mol. The molecule has 0 aromatic carbocycles. The van der Waals surface area contributed by atoms with Crippen LogP contribution in [-0.4, -0.2) is 70.8 Å². The molecule has 7 heteroatoms. The number of likely N-dealkylation sites (tertiary alicyclic amines) is 1. The fraction of sp³-hybridized carbons (Fsp3) is 0.722. The summed E-state index contributed by atoms with van der Waals surface area (Å²) in [4.78, 5) is 29.2. The minimum absolute atomic E-state index is 0.0770. The fourth-order valence-corrected chi connectivity index (χ4v) is 3.78. The average molecular weight is 348 g/mol. The highest BCUT2D eigenvalue weighted by Crippen LogP contribution is 2.21. The van der Waals surface area contributed by atoms with Crippen LogP contribution in [0.25, 0.3) is 0 Å². The van der Waals surface area contributed by atoms with Crippen molar-refractivity contribution in [1.82, 2.24) is 19.6 Å². The van der Waals surface area contributed by atoms with Crippen molar-refractivity contribution in [3.05, 3.63) is 17.0 Å². The van der Waals surface area contributed by atoms with Crippen molar-refractivity contribution in [1.29, 1.82) is 0 Å². The van der Waals surface area contributed by atoms with Crippen molar-refractivity contribution in [3.63, 3.8) is 0 Å². The zero-order valence-electron chi connectivity index (χ0n) is 15.5. The first kappa shape index (κ1) is 17.9. The van der Waals surface area contributed by atoms with E-state index in [9.17, 15) is 9.59 Å². The van der Waals surface area contributed by atoms with Gasteiger partial charge in [0.1, 0.15) is 0 Å². The minimum atomic E-state index is -0.0770. The standard InChI is InChI=1S/C18H28N4O3/c1-13-16(14(2)20(3)19-13)11-17(23)22-6-4-5-15(12-22)18(24)21-7-9-25-10-8-21/h15H,4-12H2,1-3H3. The Balaban J connectivity index is 1.62. The van der Waals surface area contributed by atoms with Gasteiger partial charge in [-0.3, -0.25) is 14.3 Å². The molecule has 7 nitrogen and oxygen atoms in total.